The lowest BCUT2D eigenvalue weighted by Gasteiger charge is -2.09. The molecule has 0 saturated heterocycles. The van der Waals surface area contributed by atoms with Crippen molar-refractivity contribution in [2.45, 2.75) is 40.8 Å². The second kappa shape index (κ2) is 8.21. The van der Waals surface area contributed by atoms with E-state index in [-0.39, 0.29) is 5.91 Å². The molecular weight excluding hydrogens is 340 g/mol. The van der Waals surface area contributed by atoms with Gasteiger partial charge < -0.3 is 14.6 Å². The number of ether oxygens (including phenoxy) is 1. The third-order valence-electron chi connectivity index (χ3n) is 4.18. The fourth-order valence-electron chi connectivity index (χ4n) is 2.99. The van der Waals surface area contributed by atoms with Gasteiger partial charge in [0.1, 0.15) is 5.69 Å². The zero-order valence-corrected chi connectivity index (χ0v) is 15.7. The third-order valence-corrected chi connectivity index (χ3v) is 4.54. The van der Waals surface area contributed by atoms with Crippen molar-refractivity contribution in [1.29, 1.82) is 0 Å². The molecule has 2 aromatic rings. The van der Waals surface area contributed by atoms with Crippen molar-refractivity contribution in [2.24, 2.45) is 0 Å². The van der Waals surface area contributed by atoms with E-state index in [1.165, 1.54) is 0 Å². The number of aromatic nitrogens is 1. The van der Waals surface area contributed by atoms with Crippen LogP contribution in [-0.2, 0) is 17.8 Å². The number of nitrogens with zero attached hydrogens (tertiary/aromatic N) is 1. The number of esters is 1. The number of hydrogen-bond acceptors (Lipinski definition) is 3. The second-order valence-electron chi connectivity index (χ2n) is 5.67. The number of carbonyl (C=O) groups excluding carboxylic acids is 2. The number of nitrogens with one attached hydrogen (secondary N) is 1. The van der Waals surface area contributed by atoms with Gasteiger partial charge in [0.25, 0.3) is 5.91 Å². The molecule has 1 aromatic heterocycles. The summed E-state index contributed by atoms with van der Waals surface area (Å²) >= 11 is 6.13. The lowest BCUT2D eigenvalue weighted by molar-refractivity contribution is 0.0512. The molecule has 1 heterocycles. The van der Waals surface area contributed by atoms with Gasteiger partial charge in [-0.2, -0.15) is 0 Å². The molecule has 25 heavy (non-hydrogen) atoms. The smallest absolute Gasteiger partial charge is 0.355 e. The molecule has 0 atom stereocenters. The van der Waals surface area contributed by atoms with Crippen molar-refractivity contribution >= 4 is 23.5 Å². The lowest BCUT2D eigenvalue weighted by atomic mass is 10.1. The summed E-state index contributed by atoms with van der Waals surface area (Å²) in [6, 6.07) is 7.36. The van der Waals surface area contributed by atoms with Gasteiger partial charge >= 0.3 is 5.97 Å². The van der Waals surface area contributed by atoms with Crippen LogP contribution in [0.2, 0.25) is 5.02 Å². The van der Waals surface area contributed by atoms with Crippen LogP contribution in [0.5, 0.6) is 0 Å². The molecule has 0 radical (unpaired) electrons. The molecule has 2 rings (SSSR count). The Kier molecular flexibility index (Phi) is 6.26. The first-order valence-corrected chi connectivity index (χ1v) is 8.68. The number of hydrogen-bond donors (Lipinski definition) is 1. The summed E-state index contributed by atoms with van der Waals surface area (Å²) in [5, 5.41) is 3.49. The molecule has 5 nitrogen and oxygen atoms in total. The zero-order valence-electron chi connectivity index (χ0n) is 15.0. The number of benzene rings is 1. The Morgan fingerprint density at radius 2 is 1.88 bits per heavy atom. The standard InChI is InChI=1S/C19H23ClN2O3/c1-5-22-13(4)16(12(3)17(22)19(24)25-6-2)18(23)21-11-14-9-7-8-10-15(14)20/h7-10H,5-6,11H2,1-4H3,(H,21,23). The van der Waals surface area contributed by atoms with E-state index in [0.717, 1.165) is 11.3 Å². The van der Waals surface area contributed by atoms with Crippen molar-refractivity contribution in [1.82, 2.24) is 9.88 Å². The summed E-state index contributed by atoms with van der Waals surface area (Å²) in [5.74, 6) is -0.636. The van der Waals surface area contributed by atoms with Crippen molar-refractivity contribution in [2.75, 3.05) is 6.61 Å². The van der Waals surface area contributed by atoms with Gasteiger partial charge in [-0.25, -0.2) is 4.79 Å². The lowest BCUT2D eigenvalue weighted by Crippen LogP contribution is -2.24. The number of rotatable bonds is 6. The average Bonchev–Trinajstić information content (AvgIpc) is 2.84. The Balaban J connectivity index is 2.30. The van der Waals surface area contributed by atoms with Gasteiger partial charge in [-0.15, -0.1) is 0 Å². The normalized spacial score (nSPS) is 10.6. The molecule has 0 aliphatic heterocycles. The number of carbonyl (C=O) groups is 2. The van der Waals surface area contributed by atoms with E-state index in [2.05, 4.69) is 5.32 Å². The fourth-order valence-corrected chi connectivity index (χ4v) is 3.20. The average molecular weight is 363 g/mol. The van der Waals surface area contributed by atoms with Crippen molar-refractivity contribution < 1.29 is 14.3 Å². The van der Waals surface area contributed by atoms with Crippen LogP contribution in [0.3, 0.4) is 0 Å². The van der Waals surface area contributed by atoms with E-state index in [1.54, 1.807) is 19.9 Å². The van der Waals surface area contributed by atoms with Crippen LogP contribution in [0.25, 0.3) is 0 Å². The minimum absolute atomic E-state index is 0.229. The summed E-state index contributed by atoms with van der Waals surface area (Å²) < 4.78 is 6.95. The van der Waals surface area contributed by atoms with Crippen molar-refractivity contribution in [3.05, 3.63) is 57.4 Å². The zero-order chi connectivity index (χ0) is 18.6. The van der Waals surface area contributed by atoms with E-state index in [1.807, 2.05) is 36.6 Å². The first kappa shape index (κ1) is 19.1. The molecule has 6 heteroatoms. The molecule has 0 aliphatic carbocycles. The molecule has 0 bridgehead atoms. The highest BCUT2D eigenvalue weighted by atomic mass is 35.5. The van der Waals surface area contributed by atoms with Gasteiger partial charge in [0.2, 0.25) is 0 Å². The summed E-state index contributed by atoms with van der Waals surface area (Å²) in [6.45, 7) is 8.50. The topological polar surface area (TPSA) is 60.3 Å². The Morgan fingerprint density at radius 1 is 1.20 bits per heavy atom. The summed E-state index contributed by atoms with van der Waals surface area (Å²) in [5.41, 5.74) is 3.17. The summed E-state index contributed by atoms with van der Waals surface area (Å²) in [7, 11) is 0. The summed E-state index contributed by atoms with van der Waals surface area (Å²) in [4.78, 5) is 25.0. The van der Waals surface area contributed by atoms with E-state index in [4.69, 9.17) is 16.3 Å². The van der Waals surface area contributed by atoms with Gasteiger partial charge in [0, 0.05) is 23.8 Å². The monoisotopic (exact) mass is 362 g/mol. The second-order valence-corrected chi connectivity index (χ2v) is 6.08. The summed E-state index contributed by atoms with van der Waals surface area (Å²) in [6.07, 6.45) is 0. The fraction of sp³-hybridized carbons (Fsp3) is 0.368. The first-order valence-electron chi connectivity index (χ1n) is 8.30. The first-order chi connectivity index (χ1) is 11.9. The molecule has 1 aromatic carbocycles. The molecule has 1 amide bonds. The van der Waals surface area contributed by atoms with Crippen LogP contribution >= 0.6 is 11.6 Å². The highest BCUT2D eigenvalue weighted by molar-refractivity contribution is 6.31. The highest BCUT2D eigenvalue weighted by Crippen LogP contribution is 2.23. The minimum Gasteiger partial charge on any atom is -0.461 e. The Labute approximate surface area is 152 Å². The maximum atomic E-state index is 12.7. The van der Waals surface area contributed by atoms with Crippen molar-refractivity contribution in [3.8, 4) is 0 Å². The van der Waals surface area contributed by atoms with Crippen LogP contribution < -0.4 is 5.32 Å². The van der Waals surface area contributed by atoms with Crippen LogP contribution in [-0.4, -0.2) is 23.1 Å². The predicted octanol–water partition coefficient (Wildman–Crippen LogP) is 3.88. The van der Waals surface area contributed by atoms with E-state index in [0.29, 0.717) is 41.5 Å². The molecule has 0 fully saturated rings. The number of amides is 1. The van der Waals surface area contributed by atoms with E-state index >= 15 is 0 Å². The molecule has 1 N–H and O–H groups in total. The van der Waals surface area contributed by atoms with Gasteiger partial charge in [-0.05, 0) is 44.9 Å². The maximum absolute atomic E-state index is 12.7. The molecule has 0 aliphatic rings. The SMILES string of the molecule is CCOC(=O)c1c(C)c(C(=O)NCc2ccccc2Cl)c(C)n1CC. The predicted molar refractivity (Wildman–Crippen MR) is 98.2 cm³/mol. The van der Waals surface area contributed by atoms with Crippen molar-refractivity contribution in [3.63, 3.8) is 0 Å². The van der Waals surface area contributed by atoms with Gasteiger partial charge in [0.05, 0.1) is 12.2 Å². The highest BCUT2D eigenvalue weighted by Gasteiger charge is 2.26. The van der Waals surface area contributed by atoms with Crippen LogP contribution in [0.4, 0.5) is 0 Å². The third kappa shape index (κ3) is 3.87. The van der Waals surface area contributed by atoms with Crippen LogP contribution in [0.15, 0.2) is 24.3 Å². The molecule has 0 unspecified atom stereocenters. The quantitative estimate of drug-likeness (QED) is 0.793. The minimum atomic E-state index is -0.407. The number of halogens is 1. The van der Waals surface area contributed by atoms with Crippen LogP contribution in [0, 0.1) is 13.8 Å². The largest absolute Gasteiger partial charge is 0.461 e. The molecule has 134 valence electrons. The molecular formula is C19H23ClN2O3. The molecule has 0 saturated carbocycles. The van der Waals surface area contributed by atoms with E-state index in [9.17, 15) is 9.59 Å². The van der Waals surface area contributed by atoms with Gasteiger partial charge in [-0.1, -0.05) is 29.8 Å². The molecule has 0 spiro atoms. The Bertz CT molecular complexity index is 796. The maximum Gasteiger partial charge on any atom is 0.355 e. The van der Waals surface area contributed by atoms with E-state index < -0.39 is 5.97 Å². The Morgan fingerprint density at radius 3 is 2.48 bits per heavy atom. The van der Waals surface area contributed by atoms with Gasteiger partial charge in [-0.3, -0.25) is 4.79 Å². The Hall–Kier alpha value is -2.27. The van der Waals surface area contributed by atoms with Crippen LogP contribution in [0.1, 0.15) is 51.5 Å². The van der Waals surface area contributed by atoms with Gasteiger partial charge in [0.15, 0.2) is 0 Å².